The summed E-state index contributed by atoms with van der Waals surface area (Å²) in [5.41, 5.74) is -0.157. The Bertz CT molecular complexity index is 652. The number of aliphatic carboxylic acids is 1. The minimum Gasteiger partial charge on any atom is -0.480 e. The molecule has 1 aromatic carbocycles. The number of rotatable bonds is 11. The Balaban J connectivity index is 2.66. The maximum absolute atomic E-state index is 12.1. The van der Waals surface area contributed by atoms with E-state index in [9.17, 15) is 24.8 Å². The molecule has 0 radical (unpaired) electrons. The van der Waals surface area contributed by atoms with Crippen molar-refractivity contribution >= 4 is 34.9 Å². The van der Waals surface area contributed by atoms with Crippen LogP contribution >= 0.6 is 11.6 Å². The number of amides is 1. The molecule has 10 heteroatoms. The van der Waals surface area contributed by atoms with Gasteiger partial charge in [0.05, 0.1) is 22.1 Å². The minimum atomic E-state index is -1.15. The molecule has 0 bridgehead atoms. The van der Waals surface area contributed by atoms with Gasteiger partial charge in [0.1, 0.15) is 6.04 Å². The van der Waals surface area contributed by atoms with Gasteiger partial charge in [-0.2, -0.15) is 0 Å². The predicted molar refractivity (Wildman–Crippen MR) is 98.6 cm³/mol. The standard InChI is InChI=1S/C16H23ClN4O5/c1-3-20(4-2)8-7-18-14(16(23)24)10-15(22)19-13-9-11(21(25)26)5-6-12(13)17/h5-6,9,14,18H,3-4,7-8,10H2,1-2H3,(H,19,22)(H,23,24)/t14-/m0/s1. The Morgan fingerprint density at radius 3 is 2.54 bits per heavy atom. The summed E-state index contributed by atoms with van der Waals surface area (Å²) in [6.45, 7) is 6.80. The van der Waals surface area contributed by atoms with Crippen LogP contribution in [-0.2, 0) is 9.59 Å². The zero-order valence-corrected chi connectivity index (χ0v) is 15.5. The van der Waals surface area contributed by atoms with Gasteiger partial charge in [0, 0.05) is 25.2 Å². The molecule has 1 atom stereocenters. The van der Waals surface area contributed by atoms with Crippen molar-refractivity contribution in [2.45, 2.75) is 26.3 Å². The number of benzene rings is 1. The summed E-state index contributed by atoms with van der Waals surface area (Å²) in [5.74, 6) is -1.75. The van der Waals surface area contributed by atoms with Crippen LogP contribution in [0.25, 0.3) is 0 Å². The van der Waals surface area contributed by atoms with Gasteiger partial charge < -0.3 is 20.6 Å². The summed E-state index contributed by atoms with van der Waals surface area (Å²) >= 11 is 5.92. The normalized spacial score (nSPS) is 12.0. The number of non-ortho nitro benzene ring substituents is 1. The van der Waals surface area contributed by atoms with Gasteiger partial charge in [0.25, 0.3) is 5.69 Å². The van der Waals surface area contributed by atoms with Crippen molar-refractivity contribution in [1.82, 2.24) is 10.2 Å². The van der Waals surface area contributed by atoms with E-state index in [1.54, 1.807) is 0 Å². The molecule has 0 spiro atoms. The Hall–Kier alpha value is -2.23. The molecule has 26 heavy (non-hydrogen) atoms. The first kappa shape index (κ1) is 21.8. The molecule has 1 aromatic rings. The highest BCUT2D eigenvalue weighted by atomic mass is 35.5. The number of halogens is 1. The Morgan fingerprint density at radius 2 is 2.00 bits per heavy atom. The van der Waals surface area contributed by atoms with Gasteiger partial charge in [-0.15, -0.1) is 0 Å². The fourth-order valence-corrected chi connectivity index (χ4v) is 2.46. The lowest BCUT2D eigenvalue weighted by Crippen LogP contribution is -2.43. The lowest BCUT2D eigenvalue weighted by Gasteiger charge is -2.20. The number of hydrogen-bond donors (Lipinski definition) is 3. The number of nitrogens with one attached hydrogen (secondary N) is 2. The van der Waals surface area contributed by atoms with Gasteiger partial charge in [-0.05, 0) is 19.2 Å². The molecule has 0 saturated heterocycles. The van der Waals surface area contributed by atoms with E-state index in [0.717, 1.165) is 19.2 Å². The van der Waals surface area contributed by atoms with Crippen molar-refractivity contribution in [1.29, 1.82) is 0 Å². The third-order valence-corrected chi connectivity index (χ3v) is 4.17. The van der Waals surface area contributed by atoms with Gasteiger partial charge >= 0.3 is 5.97 Å². The number of hydrogen-bond acceptors (Lipinski definition) is 6. The molecule has 0 unspecified atom stereocenters. The van der Waals surface area contributed by atoms with Gasteiger partial charge in [0.2, 0.25) is 5.91 Å². The maximum Gasteiger partial charge on any atom is 0.321 e. The molecule has 1 rings (SSSR count). The van der Waals surface area contributed by atoms with Crippen LogP contribution in [0.4, 0.5) is 11.4 Å². The first-order valence-corrected chi connectivity index (χ1v) is 8.58. The Kier molecular flexibility index (Phi) is 8.97. The monoisotopic (exact) mass is 386 g/mol. The van der Waals surface area contributed by atoms with E-state index in [0.29, 0.717) is 13.1 Å². The molecular formula is C16H23ClN4O5. The summed E-state index contributed by atoms with van der Waals surface area (Å²) < 4.78 is 0. The first-order chi connectivity index (χ1) is 12.3. The van der Waals surface area contributed by atoms with Crippen LogP contribution in [0.5, 0.6) is 0 Å². The molecule has 144 valence electrons. The van der Waals surface area contributed by atoms with Crippen LogP contribution in [0.15, 0.2) is 18.2 Å². The number of carbonyl (C=O) groups is 2. The van der Waals surface area contributed by atoms with Crippen LogP contribution in [0.1, 0.15) is 20.3 Å². The average Bonchev–Trinajstić information content (AvgIpc) is 2.59. The van der Waals surface area contributed by atoms with Gasteiger partial charge in [-0.3, -0.25) is 19.7 Å². The van der Waals surface area contributed by atoms with Crippen molar-refractivity contribution in [3.8, 4) is 0 Å². The zero-order valence-electron chi connectivity index (χ0n) is 14.7. The molecule has 9 nitrogen and oxygen atoms in total. The number of likely N-dealkylation sites (N-methyl/N-ethyl adjacent to an activating group) is 1. The molecule has 1 amide bonds. The smallest absolute Gasteiger partial charge is 0.321 e. The number of nitro groups is 1. The summed E-state index contributed by atoms with van der Waals surface area (Å²) in [5, 5.41) is 25.5. The molecular weight excluding hydrogens is 364 g/mol. The van der Waals surface area contributed by atoms with Crippen molar-refractivity contribution in [3.05, 3.63) is 33.3 Å². The highest BCUT2D eigenvalue weighted by molar-refractivity contribution is 6.33. The molecule has 0 aliphatic heterocycles. The third kappa shape index (κ3) is 6.95. The second-order valence-electron chi connectivity index (χ2n) is 5.55. The molecule has 0 aliphatic rings. The van der Waals surface area contributed by atoms with E-state index in [1.165, 1.54) is 12.1 Å². The highest BCUT2D eigenvalue weighted by Crippen LogP contribution is 2.26. The van der Waals surface area contributed by atoms with Gasteiger partial charge in [0.15, 0.2) is 0 Å². The second kappa shape index (κ2) is 10.7. The number of anilines is 1. The summed E-state index contributed by atoms with van der Waals surface area (Å²) in [6.07, 6.45) is -0.327. The predicted octanol–water partition coefficient (Wildman–Crippen LogP) is 1.96. The lowest BCUT2D eigenvalue weighted by molar-refractivity contribution is -0.384. The fraction of sp³-hybridized carbons (Fsp3) is 0.500. The molecule has 0 heterocycles. The summed E-state index contributed by atoms with van der Waals surface area (Å²) in [6, 6.07) is 2.58. The largest absolute Gasteiger partial charge is 0.480 e. The quantitative estimate of drug-likeness (QED) is 0.392. The van der Waals surface area contributed by atoms with Crippen LogP contribution in [0.2, 0.25) is 5.02 Å². The molecule has 3 N–H and O–H groups in total. The molecule has 0 aliphatic carbocycles. The van der Waals surface area contributed by atoms with Crippen molar-refractivity contribution in [3.63, 3.8) is 0 Å². The average molecular weight is 387 g/mol. The van der Waals surface area contributed by atoms with Gasteiger partial charge in [-0.1, -0.05) is 25.4 Å². The van der Waals surface area contributed by atoms with E-state index < -0.39 is 22.8 Å². The van der Waals surface area contributed by atoms with Crippen molar-refractivity contribution in [2.75, 3.05) is 31.5 Å². The number of carbonyl (C=O) groups excluding carboxylic acids is 1. The number of nitrogens with zero attached hydrogens (tertiary/aromatic N) is 2. The maximum atomic E-state index is 12.1. The molecule has 0 fully saturated rings. The number of carboxylic acid groups (broad SMARTS) is 1. The van der Waals surface area contributed by atoms with E-state index in [-0.39, 0.29) is 22.8 Å². The van der Waals surface area contributed by atoms with Crippen molar-refractivity contribution < 1.29 is 19.6 Å². The summed E-state index contributed by atoms with van der Waals surface area (Å²) in [7, 11) is 0. The van der Waals surface area contributed by atoms with Crippen LogP contribution in [0, 0.1) is 10.1 Å². The number of nitro benzene ring substituents is 1. The van der Waals surface area contributed by atoms with Crippen molar-refractivity contribution in [2.24, 2.45) is 0 Å². The Labute approximate surface area is 156 Å². The molecule has 0 saturated carbocycles. The SMILES string of the molecule is CCN(CC)CCN[C@@H](CC(=O)Nc1cc([N+](=O)[O-])ccc1Cl)C(=O)O. The van der Waals surface area contributed by atoms with E-state index >= 15 is 0 Å². The Morgan fingerprint density at radius 1 is 1.35 bits per heavy atom. The van der Waals surface area contributed by atoms with Crippen LogP contribution < -0.4 is 10.6 Å². The van der Waals surface area contributed by atoms with E-state index in [2.05, 4.69) is 15.5 Å². The fourth-order valence-electron chi connectivity index (χ4n) is 2.29. The van der Waals surface area contributed by atoms with Gasteiger partial charge in [-0.25, -0.2) is 0 Å². The topological polar surface area (TPSA) is 125 Å². The minimum absolute atomic E-state index is 0.0677. The van der Waals surface area contributed by atoms with Crippen LogP contribution in [-0.4, -0.2) is 59.0 Å². The zero-order chi connectivity index (χ0) is 19.7. The molecule has 0 aromatic heterocycles. The first-order valence-electron chi connectivity index (χ1n) is 8.20. The second-order valence-corrected chi connectivity index (χ2v) is 5.95. The van der Waals surface area contributed by atoms with E-state index in [1.807, 2.05) is 13.8 Å². The van der Waals surface area contributed by atoms with Crippen LogP contribution in [0.3, 0.4) is 0 Å². The van der Waals surface area contributed by atoms with E-state index in [4.69, 9.17) is 11.6 Å². The highest BCUT2D eigenvalue weighted by Gasteiger charge is 2.22. The lowest BCUT2D eigenvalue weighted by atomic mass is 10.2. The third-order valence-electron chi connectivity index (χ3n) is 3.84. The summed E-state index contributed by atoms with van der Waals surface area (Å²) in [4.78, 5) is 35.8. The number of carboxylic acids is 1.